The van der Waals surface area contributed by atoms with E-state index in [1.54, 1.807) is 15.4 Å². The van der Waals surface area contributed by atoms with Gasteiger partial charge in [0.1, 0.15) is 11.5 Å². The van der Waals surface area contributed by atoms with Crippen molar-refractivity contribution < 1.29 is 4.79 Å². The van der Waals surface area contributed by atoms with E-state index >= 15 is 0 Å². The Morgan fingerprint density at radius 2 is 2.04 bits per heavy atom. The van der Waals surface area contributed by atoms with Crippen LogP contribution < -0.4 is 5.69 Å². The van der Waals surface area contributed by atoms with Crippen molar-refractivity contribution in [2.24, 2.45) is 5.92 Å². The third-order valence-corrected chi connectivity index (χ3v) is 6.01. The largest absolute Gasteiger partial charge is 0.345 e. The lowest BCUT2D eigenvalue weighted by atomic mass is 10.1. The second-order valence-corrected chi connectivity index (χ2v) is 7.91. The summed E-state index contributed by atoms with van der Waals surface area (Å²) in [5.74, 6) is 1.44. The molecule has 2 fully saturated rings. The highest BCUT2D eigenvalue weighted by atomic mass is 16.2. The van der Waals surface area contributed by atoms with Gasteiger partial charge in [-0.15, -0.1) is 0 Å². The molecule has 2 bridgehead atoms. The summed E-state index contributed by atoms with van der Waals surface area (Å²) in [4.78, 5) is 32.2. The minimum atomic E-state index is -0.0142. The number of carbonyl (C=O) groups excluding carboxylic acids is 1. The molecular formula is C19H23N5O2. The van der Waals surface area contributed by atoms with E-state index in [0.717, 1.165) is 30.8 Å². The van der Waals surface area contributed by atoms with Crippen LogP contribution in [0.3, 0.4) is 0 Å². The number of hydrogen-bond acceptors (Lipinski definition) is 4. The number of nitrogens with zero attached hydrogens (tertiary/aromatic N) is 5. The Morgan fingerprint density at radius 1 is 1.23 bits per heavy atom. The highest BCUT2D eigenvalue weighted by Gasteiger charge is 2.42. The highest BCUT2D eigenvalue weighted by molar-refractivity contribution is 5.94. The van der Waals surface area contributed by atoms with Crippen LogP contribution in [0.5, 0.6) is 0 Å². The minimum Gasteiger partial charge on any atom is -0.329 e. The molecule has 0 N–H and O–H groups in total. The first-order chi connectivity index (χ1) is 12.6. The van der Waals surface area contributed by atoms with Crippen LogP contribution in [0, 0.1) is 12.8 Å². The highest BCUT2D eigenvalue weighted by Crippen LogP contribution is 2.33. The molecular weight excluding hydrogens is 330 g/mol. The van der Waals surface area contributed by atoms with Crippen molar-refractivity contribution in [2.45, 2.75) is 64.2 Å². The molecule has 2 aliphatic heterocycles. The lowest BCUT2D eigenvalue weighted by molar-refractivity contribution is 0.0658. The van der Waals surface area contributed by atoms with E-state index < -0.39 is 0 Å². The number of carbonyl (C=O) groups is 1. The fourth-order valence-electron chi connectivity index (χ4n) is 4.41. The summed E-state index contributed by atoms with van der Waals surface area (Å²) < 4.78 is 3.45. The van der Waals surface area contributed by atoms with Crippen molar-refractivity contribution in [3.05, 3.63) is 45.9 Å². The summed E-state index contributed by atoms with van der Waals surface area (Å²) in [6.45, 7) is 3.21. The van der Waals surface area contributed by atoms with Gasteiger partial charge < -0.3 is 4.90 Å². The Bertz CT molecular complexity index is 926. The standard InChI is InChI=1S/C19H23N5O2/c1-12-3-2-8-20-17(12)18(25)24-14-6-7-15(24)11-22-16(9-14)21-23(19(22)26)10-13-4-5-13/h2-3,8,13-15H,4-7,9-11H2,1H3. The van der Waals surface area contributed by atoms with Gasteiger partial charge in [-0.25, -0.2) is 9.48 Å². The Hall–Kier alpha value is -2.44. The van der Waals surface area contributed by atoms with E-state index in [9.17, 15) is 9.59 Å². The van der Waals surface area contributed by atoms with Crippen LogP contribution in [0.2, 0.25) is 0 Å². The van der Waals surface area contributed by atoms with Gasteiger partial charge in [0.15, 0.2) is 0 Å². The Balaban J connectivity index is 1.46. The van der Waals surface area contributed by atoms with Gasteiger partial charge in [0, 0.05) is 31.7 Å². The Labute approximate surface area is 151 Å². The molecule has 4 heterocycles. The molecule has 26 heavy (non-hydrogen) atoms. The number of pyridine rings is 1. The lowest BCUT2D eigenvalue weighted by Gasteiger charge is -2.28. The van der Waals surface area contributed by atoms with Crippen LogP contribution >= 0.6 is 0 Å². The lowest BCUT2D eigenvalue weighted by Crippen LogP contribution is -2.43. The van der Waals surface area contributed by atoms with Crippen molar-refractivity contribution in [1.82, 2.24) is 24.2 Å². The maximum Gasteiger partial charge on any atom is 0.345 e. The van der Waals surface area contributed by atoms with Crippen molar-refractivity contribution in [1.29, 1.82) is 0 Å². The third kappa shape index (κ3) is 2.48. The Morgan fingerprint density at radius 3 is 2.81 bits per heavy atom. The first-order valence-corrected chi connectivity index (χ1v) is 9.52. The monoisotopic (exact) mass is 353 g/mol. The molecule has 136 valence electrons. The number of aryl methyl sites for hydroxylation is 1. The predicted molar refractivity (Wildman–Crippen MR) is 94.9 cm³/mol. The van der Waals surface area contributed by atoms with Crippen LogP contribution in [0.4, 0.5) is 0 Å². The SMILES string of the molecule is Cc1cccnc1C(=O)N1C2CCC1Cn1c(nn(CC3CC3)c1=O)C2. The molecule has 0 radical (unpaired) electrons. The fraction of sp³-hybridized carbons (Fsp3) is 0.579. The molecule has 7 nitrogen and oxygen atoms in total. The molecule has 0 aromatic carbocycles. The molecule has 2 atom stereocenters. The molecule has 2 aromatic rings. The van der Waals surface area contributed by atoms with Crippen LogP contribution in [-0.2, 0) is 19.5 Å². The van der Waals surface area contributed by atoms with E-state index in [1.165, 1.54) is 12.8 Å². The van der Waals surface area contributed by atoms with Crippen molar-refractivity contribution in [3.8, 4) is 0 Å². The Kier molecular flexibility index (Phi) is 3.52. The summed E-state index contributed by atoms with van der Waals surface area (Å²) in [6, 6.07) is 3.92. The second-order valence-electron chi connectivity index (χ2n) is 7.91. The van der Waals surface area contributed by atoms with E-state index in [0.29, 0.717) is 24.6 Å². The predicted octanol–water partition coefficient (Wildman–Crippen LogP) is 1.39. The van der Waals surface area contributed by atoms with Crippen molar-refractivity contribution >= 4 is 5.91 Å². The van der Waals surface area contributed by atoms with Gasteiger partial charge in [-0.3, -0.25) is 14.3 Å². The van der Waals surface area contributed by atoms with E-state index in [1.807, 2.05) is 24.0 Å². The molecule has 1 saturated carbocycles. The van der Waals surface area contributed by atoms with Gasteiger partial charge in [0.25, 0.3) is 5.91 Å². The average molecular weight is 353 g/mol. The third-order valence-electron chi connectivity index (χ3n) is 6.01. The zero-order chi connectivity index (χ0) is 17.8. The molecule has 2 unspecified atom stereocenters. The average Bonchev–Trinajstić information content (AvgIpc) is 3.32. The molecule has 1 amide bonds. The topological polar surface area (TPSA) is 73.0 Å². The smallest absolute Gasteiger partial charge is 0.329 e. The van der Waals surface area contributed by atoms with Crippen molar-refractivity contribution in [2.75, 3.05) is 0 Å². The van der Waals surface area contributed by atoms with Crippen LogP contribution in [0.1, 0.15) is 47.6 Å². The normalized spacial score (nSPS) is 24.4. The van der Waals surface area contributed by atoms with Gasteiger partial charge in [0.05, 0.1) is 6.04 Å². The second kappa shape index (κ2) is 5.79. The van der Waals surface area contributed by atoms with Crippen molar-refractivity contribution in [3.63, 3.8) is 0 Å². The molecule has 2 aromatic heterocycles. The quantitative estimate of drug-likeness (QED) is 0.836. The summed E-state index contributed by atoms with van der Waals surface area (Å²) >= 11 is 0. The number of aromatic nitrogens is 4. The summed E-state index contributed by atoms with van der Waals surface area (Å²) in [5, 5.41) is 4.61. The van der Waals surface area contributed by atoms with E-state index in [-0.39, 0.29) is 23.7 Å². The zero-order valence-electron chi connectivity index (χ0n) is 15.0. The maximum atomic E-state index is 13.2. The summed E-state index contributed by atoms with van der Waals surface area (Å²) in [5.41, 5.74) is 1.40. The zero-order valence-corrected chi connectivity index (χ0v) is 15.0. The number of hydrogen-bond donors (Lipinski definition) is 0. The van der Waals surface area contributed by atoms with Gasteiger partial charge in [-0.2, -0.15) is 5.10 Å². The van der Waals surface area contributed by atoms with E-state index in [2.05, 4.69) is 10.1 Å². The molecule has 1 aliphatic carbocycles. The maximum absolute atomic E-state index is 13.2. The van der Waals surface area contributed by atoms with E-state index in [4.69, 9.17) is 0 Å². The van der Waals surface area contributed by atoms with Gasteiger partial charge in [0.2, 0.25) is 0 Å². The van der Waals surface area contributed by atoms with Crippen LogP contribution in [0.25, 0.3) is 0 Å². The van der Waals surface area contributed by atoms with Gasteiger partial charge in [-0.1, -0.05) is 6.07 Å². The first-order valence-electron chi connectivity index (χ1n) is 9.52. The molecule has 7 heteroatoms. The minimum absolute atomic E-state index is 0.0131. The molecule has 1 saturated heterocycles. The summed E-state index contributed by atoms with van der Waals surface area (Å²) in [6.07, 6.45) is 6.62. The molecule has 5 rings (SSSR count). The first kappa shape index (κ1) is 15.8. The van der Waals surface area contributed by atoms with Crippen LogP contribution in [-0.4, -0.2) is 42.2 Å². The summed E-state index contributed by atoms with van der Waals surface area (Å²) in [7, 11) is 0. The number of rotatable bonds is 3. The van der Waals surface area contributed by atoms with Gasteiger partial charge >= 0.3 is 5.69 Å². The number of amides is 1. The fourth-order valence-corrected chi connectivity index (χ4v) is 4.41. The molecule has 0 spiro atoms. The number of fused-ring (bicyclic) bond motifs is 3. The van der Waals surface area contributed by atoms with Gasteiger partial charge in [-0.05, 0) is 50.2 Å². The van der Waals surface area contributed by atoms with Crippen LogP contribution in [0.15, 0.2) is 23.1 Å². The molecule has 3 aliphatic rings.